The maximum atomic E-state index is 9.55. The molecule has 0 aliphatic heterocycles. The van der Waals surface area contributed by atoms with Gasteiger partial charge < -0.3 is 15.3 Å². The monoisotopic (exact) mass is 246 g/mol. The van der Waals surface area contributed by atoms with Gasteiger partial charge in [0.15, 0.2) is 0 Å². The Morgan fingerprint density at radius 2 is 1.53 bits per heavy atom. The van der Waals surface area contributed by atoms with Crippen LogP contribution in [-0.4, -0.2) is 33.4 Å². The van der Waals surface area contributed by atoms with Crippen LogP contribution in [0.25, 0.3) is 0 Å². The van der Waals surface area contributed by atoms with Crippen molar-refractivity contribution in [1.29, 1.82) is 0 Å². The lowest BCUT2D eigenvalue weighted by atomic mass is 10.1. The Bertz CT molecular complexity index is 219. The molecule has 0 radical (unpaired) electrons. The summed E-state index contributed by atoms with van der Waals surface area (Å²) in [5.41, 5.74) is 0. The topological polar surface area (TPSA) is 94.8 Å². The normalized spacial score (nSPS) is 11.7. The average Bonchev–Trinajstić information content (AvgIpc) is 2.27. The second kappa shape index (κ2) is 12.7. The lowest BCUT2D eigenvalue weighted by Crippen LogP contribution is -2.02. The van der Waals surface area contributed by atoms with Crippen molar-refractivity contribution in [3.05, 3.63) is 12.2 Å². The number of unbranched alkanes of at least 4 members (excludes halogenated alkanes) is 2. The van der Waals surface area contributed by atoms with Crippen LogP contribution in [0.15, 0.2) is 12.2 Å². The first kappa shape index (κ1) is 18.0. The molecular weight excluding hydrogens is 224 g/mol. The second-order valence-corrected chi connectivity index (χ2v) is 3.57. The summed E-state index contributed by atoms with van der Waals surface area (Å²) in [4.78, 5) is 19.1. The fourth-order valence-corrected chi connectivity index (χ4v) is 0.977. The minimum Gasteiger partial charge on any atom is -0.478 e. The van der Waals surface area contributed by atoms with Crippen molar-refractivity contribution < 1.29 is 24.9 Å². The van der Waals surface area contributed by atoms with E-state index in [0.717, 1.165) is 12.8 Å². The molecule has 0 rings (SSSR count). The first-order valence-corrected chi connectivity index (χ1v) is 5.76. The van der Waals surface area contributed by atoms with Crippen molar-refractivity contribution in [3.8, 4) is 0 Å². The van der Waals surface area contributed by atoms with Gasteiger partial charge in [0.1, 0.15) is 0 Å². The Labute approximate surface area is 102 Å². The number of aliphatic carboxylic acids is 2. The van der Waals surface area contributed by atoms with Crippen molar-refractivity contribution in [2.24, 2.45) is 0 Å². The number of hydrogen-bond donors (Lipinski definition) is 3. The standard InChI is InChI=1S/C8H18O.C4H4O4/c1-3-5-6-7-8(9)4-2;5-3(6)1-2-4(7)8/h8-9H,3-7H2,1-2H3;1-2H,(H,5,6)(H,7,8). The number of carboxylic acids is 2. The number of carboxylic acid groups (broad SMARTS) is 2. The smallest absolute Gasteiger partial charge is 0.328 e. The minimum atomic E-state index is -1.26. The van der Waals surface area contributed by atoms with Gasteiger partial charge in [0.2, 0.25) is 0 Å². The fraction of sp³-hybridized carbons (Fsp3) is 0.667. The third-order valence-corrected chi connectivity index (χ3v) is 1.98. The number of aliphatic hydroxyl groups excluding tert-OH is 1. The van der Waals surface area contributed by atoms with Crippen molar-refractivity contribution in [1.82, 2.24) is 0 Å². The zero-order valence-electron chi connectivity index (χ0n) is 10.4. The van der Waals surface area contributed by atoms with E-state index >= 15 is 0 Å². The van der Waals surface area contributed by atoms with Gasteiger partial charge in [0, 0.05) is 12.2 Å². The number of carbonyl (C=O) groups is 2. The van der Waals surface area contributed by atoms with Crippen LogP contribution < -0.4 is 0 Å². The number of hydrogen-bond acceptors (Lipinski definition) is 3. The summed E-state index contributed by atoms with van der Waals surface area (Å²) in [7, 11) is 0. The molecule has 1 atom stereocenters. The highest BCUT2D eigenvalue weighted by Gasteiger charge is 1.97. The highest BCUT2D eigenvalue weighted by atomic mass is 16.4. The SMILES string of the molecule is CCCCCC(O)CC.O=C(O)C=CC(=O)O. The Balaban J connectivity index is 0. The van der Waals surface area contributed by atoms with E-state index in [1.165, 1.54) is 19.3 Å². The van der Waals surface area contributed by atoms with Crippen molar-refractivity contribution in [3.63, 3.8) is 0 Å². The van der Waals surface area contributed by atoms with Crippen LogP contribution in [0.1, 0.15) is 46.0 Å². The van der Waals surface area contributed by atoms with Crippen LogP contribution in [0.5, 0.6) is 0 Å². The van der Waals surface area contributed by atoms with Gasteiger partial charge in [-0.05, 0) is 12.8 Å². The van der Waals surface area contributed by atoms with Crippen molar-refractivity contribution >= 4 is 11.9 Å². The molecular formula is C12H22O5. The maximum absolute atomic E-state index is 9.55. The summed E-state index contributed by atoms with van der Waals surface area (Å²) in [6, 6.07) is 0. The zero-order valence-corrected chi connectivity index (χ0v) is 10.4. The van der Waals surface area contributed by atoms with Crippen LogP contribution in [0, 0.1) is 0 Å². The van der Waals surface area contributed by atoms with Gasteiger partial charge in [-0.3, -0.25) is 0 Å². The molecule has 0 saturated carbocycles. The molecule has 0 saturated heterocycles. The Hall–Kier alpha value is -1.36. The summed E-state index contributed by atoms with van der Waals surface area (Å²) < 4.78 is 0. The summed E-state index contributed by atoms with van der Waals surface area (Å²) in [5.74, 6) is -2.51. The molecule has 5 heteroatoms. The van der Waals surface area contributed by atoms with E-state index < -0.39 is 11.9 Å². The number of rotatable bonds is 7. The van der Waals surface area contributed by atoms with E-state index in [1.54, 1.807) is 0 Å². The molecule has 0 aliphatic carbocycles. The van der Waals surface area contributed by atoms with Gasteiger partial charge >= 0.3 is 11.9 Å². The van der Waals surface area contributed by atoms with Crippen LogP contribution in [0.2, 0.25) is 0 Å². The van der Waals surface area contributed by atoms with E-state index in [1.807, 2.05) is 6.92 Å². The highest BCUT2D eigenvalue weighted by molar-refractivity contribution is 5.89. The minimum absolute atomic E-state index is 0.0449. The molecule has 100 valence electrons. The first-order valence-electron chi connectivity index (χ1n) is 5.76. The molecule has 0 bridgehead atoms. The lowest BCUT2D eigenvalue weighted by molar-refractivity contribution is -0.134. The molecule has 3 N–H and O–H groups in total. The van der Waals surface area contributed by atoms with E-state index in [4.69, 9.17) is 15.3 Å². The third-order valence-electron chi connectivity index (χ3n) is 1.98. The van der Waals surface area contributed by atoms with Crippen LogP contribution in [0.4, 0.5) is 0 Å². The first-order chi connectivity index (χ1) is 7.93. The molecule has 0 amide bonds. The summed E-state index contributed by atoms with van der Waals surface area (Å²) >= 11 is 0. The zero-order chi connectivity index (χ0) is 13.7. The van der Waals surface area contributed by atoms with Crippen LogP contribution in [0.3, 0.4) is 0 Å². The van der Waals surface area contributed by atoms with Gasteiger partial charge in [-0.2, -0.15) is 0 Å². The molecule has 0 aliphatic rings. The lowest BCUT2D eigenvalue weighted by Gasteiger charge is -2.04. The molecule has 0 aromatic heterocycles. The van der Waals surface area contributed by atoms with Crippen molar-refractivity contribution in [2.45, 2.75) is 52.1 Å². The predicted octanol–water partition coefficient (Wildman–Crippen LogP) is 2.05. The maximum Gasteiger partial charge on any atom is 0.328 e. The number of aliphatic hydroxyl groups is 1. The molecule has 1 unspecified atom stereocenters. The molecule has 5 nitrogen and oxygen atoms in total. The van der Waals surface area contributed by atoms with E-state index in [0.29, 0.717) is 12.2 Å². The summed E-state index contributed by atoms with van der Waals surface area (Å²) in [6.07, 6.45) is 6.66. The highest BCUT2D eigenvalue weighted by Crippen LogP contribution is 2.04. The molecule has 0 fully saturated rings. The van der Waals surface area contributed by atoms with Crippen LogP contribution >= 0.6 is 0 Å². The Morgan fingerprint density at radius 3 is 1.82 bits per heavy atom. The van der Waals surface area contributed by atoms with Gasteiger partial charge in [0.25, 0.3) is 0 Å². The van der Waals surface area contributed by atoms with Gasteiger partial charge in [-0.1, -0.05) is 33.1 Å². The molecule has 17 heavy (non-hydrogen) atoms. The second-order valence-electron chi connectivity index (χ2n) is 3.57. The van der Waals surface area contributed by atoms with E-state index in [2.05, 4.69) is 6.92 Å². The third kappa shape index (κ3) is 20.7. The Kier molecular flexibility index (Phi) is 13.5. The van der Waals surface area contributed by atoms with Crippen molar-refractivity contribution in [2.75, 3.05) is 0 Å². The van der Waals surface area contributed by atoms with Gasteiger partial charge in [-0.15, -0.1) is 0 Å². The average molecular weight is 246 g/mol. The van der Waals surface area contributed by atoms with E-state index in [-0.39, 0.29) is 6.10 Å². The molecule has 0 heterocycles. The fourth-order valence-electron chi connectivity index (χ4n) is 0.977. The van der Waals surface area contributed by atoms with Crippen LogP contribution in [-0.2, 0) is 9.59 Å². The predicted molar refractivity (Wildman–Crippen MR) is 64.9 cm³/mol. The quantitative estimate of drug-likeness (QED) is 0.472. The van der Waals surface area contributed by atoms with Gasteiger partial charge in [-0.25, -0.2) is 9.59 Å². The largest absolute Gasteiger partial charge is 0.478 e. The summed E-state index contributed by atoms with van der Waals surface area (Å²) in [6.45, 7) is 4.20. The van der Waals surface area contributed by atoms with Gasteiger partial charge in [0.05, 0.1) is 6.10 Å². The molecule has 0 aromatic carbocycles. The van der Waals surface area contributed by atoms with E-state index in [9.17, 15) is 9.59 Å². The summed E-state index contributed by atoms with van der Waals surface area (Å²) in [5, 5.41) is 24.7. The molecule has 0 spiro atoms. The Morgan fingerprint density at radius 1 is 1.06 bits per heavy atom. The molecule has 0 aromatic rings.